The SMILES string of the molecule is O=C(O)c1ccc(NC(=O)[C@H]2c3cccc(-n4cnnc4)c3CCN2C(=O)[C@H]2CC(c3cccc(Cl)c3F)=NO2)cc1. The summed E-state index contributed by atoms with van der Waals surface area (Å²) in [7, 11) is 0. The highest BCUT2D eigenvalue weighted by Gasteiger charge is 2.42. The lowest BCUT2D eigenvalue weighted by Crippen LogP contribution is -2.49. The molecule has 0 unspecified atom stereocenters. The van der Waals surface area contributed by atoms with E-state index in [1.54, 1.807) is 35.4 Å². The van der Waals surface area contributed by atoms with Crippen LogP contribution in [0.3, 0.4) is 0 Å². The molecular formula is C29H22ClFN6O5. The number of aromatic carboxylic acids is 1. The van der Waals surface area contributed by atoms with Crippen molar-refractivity contribution in [1.82, 2.24) is 19.7 Å². The summed E-state index contributed by atoms with van der Waals surface area (Å²) in [4.78, 5) is 45.9. The average molecular weight is 589 g/mol. The van der Waals surface area contributed by atoms with Gasteiger partial charge in [0.15, 0.2) is 5.82 Å². The topological polar surface area (TPSA) is 139 Å². The normalized spacial score (nSPS) is 17.7. The lowest BCUT2D eigenvalue weighted by molar-refractivity contribution is -0.148. The molecule has 0 spiro atoms. The first-order valence-corrected chi connectivity index (χ1v) is 13.3. The van der Waals surface area contributed by atoms with Gasteiger partial charge in [0.2, 0.25) is 6.10 Å². The maximum Gasteiger partial charge on any atom is 0.335 e. The molecular weight excluding hydrogens is 567 g/mol. The van der Waals surface area contributed by atoms with Gasteiger partial charge in [0.1, 0.15) is 18.7 Å². The van der Waals surface area contributed by atoms with Crippen LogP contribution in [0, 0.1) is 5.82 Å². The van der Waals surface area contributed by atoms with Gasteiger partial charge in [0.05, 0.1) is 22.0 Å². The fourth-order valence-corrected chi connectivity index (χ4v) is 5.40. The zero-order chi connectivity index (χ0) is 29.4. The number of amides is 2. The summed E-state index contributed by atoms with van der Waals surface area (Å²) in [6.07, 6.45) is 2.44. The van der Waals surface area contributed by atoms with Crippen LogP contribution in [0.4, 0.5) is 10.1 Å². The van der Waals surface area contributed by atoms with Gasteiger partial charge in [-0.05, 0) is 60.0 Å². The molecule has 212 valence electrons. The van der Waals surface area contributed by atoms with Crippen LogP contribution >= 0.6 is 11.6 Å². The first-order chi connectivity index (χ1) is 20.3. The molecule has 42 heavy (non-hydrogen) atoms. The summed E-state index contributed by atoms with van der Waals surface area (Å²) >= 11 is 5.93. The molecule has 11 nitrogen and oxygen atoms in total. The number of carbonyl (C=O) groups excluding carboxylic acids is 2. The number of carbonyl (C=O) groups is 3. The maximum atomic E-state index is 14.6. The highest BCUT2D eigenvalue weighted by Crippen LogP contribution is 2.36. The van der Waals surface area contributed by atoms with Gasteiger partial charge in [-0.15, -0.1) is 10.2 Å². The van der Waals surface area contributed by atoms with Crippen LogP contribution in [-0.2, 0) is 20.8 Å². The van der Waals surface area contributed by atoms with Crippen LogP contribution < -0.4 is 5.32 Å². The zero-order valence-corrected chi connectivity index (χ0v) is 22.5. The Labute approximate surface area is 243 Å². The predicted octanol–water partition coefficient (Wildman–Crippen LogP) is 4.02. The van der Waals surface area contributed by atoms with Crippen LogP contribution in [0.2, 0.25) is 5.02 Å². The number of halogens is 2. The Bertz CT molecular complexity index is 1730. The maximum absolute atomic E-state index is 14.6. The first-order valence-electron chi connectivity index (χ1n) is 12.9. The Morgan fingerprint density at radius 2 is 1.76 bits per heavy atom. The van der Waals surface area contributed by atoms with Crippen molar-refractivity contribution in [2.45, 2.75) is 25.0 Å². The Balaban J connectivity index is 1.31. The summed E-state index contributed by atoms with van der Waals surface area (Å²) in [5.41, 5.74) is 3.01. The second-order valence-corrected chi connectivity index (χ2v) is 10.1. The number of carboxylic acid groups (broad SMARTS) is 1. The smallest absolute Gasteiger partial charge is 0.335 e. The van der Waals surface area contributed by atoms with E-state index in [-0.39, 0.29) is 34.8 Å². The molecule has 6 rings (SSSR count). The minimum atomic E-state index is -1.09. The van der Waals surface area contributed by atoms with Gasteiger partial charge in [-0.3, -0.25) is 14.2 Å². The molecule has 0 radical (unpaired) electrons. The molecule has 0 saturated carbocycles. The summed E-state index contributed by atoms with van der Waals surface area (Å²) in [6.45, 7) is 0.182. The lowest BCUT2D eigenvalue weighted by Gasteiger charge is -2.38. The van der Waals surface area contributed by atoms with E-state index in [2.05, 4.69) is 20.7 Å². The number of carboxylic acids is 1. The molecule has 0 fully saturated rings. The van der Waals surface area contributed by atoms with Gasteiger partial charge in [-0.1, -0.05) is 35.0 Å². The van der Waals surface area contributed by atoms with Crippen LogP contribution in [0.15, 0.2) is 78.5 Å². The number of nitrogens with zero attached hydrogens (tertiary/aromatic N) is 5. The van der Waals surface area contributed by atoms with E-state index in [0.29, 0.717) is 17.7 Å². The third-order valence-corrected chi connectivity index (χ3v) is 7.52. The van der Waals surface area contributed by atoms with Crippen LogP contribution in [0.5, 0.6) is 0 Å². The van der Waals surface area contributed by atoms with Crippen molar-refractivity contribution < 1.29 is 28.7 Å². The fourth-order valence-electron chi connectivity index (χ4n) is 5.22. The van der Waals surface area contributed by atoms with E-state index in [1.165, 1.54) is 41.3 Å². The van der Waals surface area contributed by atoms with E-state index in [0.717, 1.165) is 11.3 Å². The number of hydrogen-bond acceptors (Lipinski definition) is 7. The van der Waals surface area contributed by atoms with Crippen molar-refractivity contribution in [2.24, 2.45) is 5.16 Å². The third-order valence-electron chi connectivity index (χ3n) is 7.23. The molecule has 0 aliphatic carbocycles. The largest absolute Gasteiger partial charge is 0.478 e. The fraction of sp³-hybridized carbons (Fsp3) is 0.172. The van der Waals surface area contributed by atoms with E-state index >= 15 is 0 Å². The van der Waals surface area contributed by atoms with Crippen molar-refractivity contribution in [3.63, 3.8) is 0 Å². The number of anilines is 1. The molecule has 3 aromatic carbocycles. The van der Waals surface area contributed by atoms with Gasteiger partial charge in [-0.2, -0.15) is 0 Å². The van der Waals surface area contributed by atoms with Crippen molar-refractivity contribution in [1.29, 1.82) is 0 Å². The van der Waals surface area contributed by atoms with E-state index in [1.807, 2.05) is 6.07 Å². The number of fused-ring (bicyclic) bond motifs is 1. The Morgan fingerprint density at radius 3 is 2.50 bits per heavy atom. The lowest BCUT2D eigenvalue weighted by atomic mass is 9.89. The number of benzene rings is 3. The Hall–Kier alpha value is -5.10. The van der Waals surface area contributed by atoms with E-state index < -0.39 is 35.7 Å². The van der Waals surface area contributed by atoms with Crippen molar-refractivity contribution in [3.8, 4) is 5.69 Å². The number of nitrogens with one attached hydrogen (secondary N) is 1. The van der Waals surface area contributed by atoms with E-state index in [9.17, 15) is 23.9 Å². The minimum absolute atomic E-state index is 0.00874. The minimum Gasteiger partial charge on any atom is -0.478 e. The Morgan fingerprint density at radius 1 is 1.02 bits per heavy atom. The number of oxime groups is 1. The monoisotopic (exact) mass is 588 g/mol. The molecule has 0 saturated heterocycles. The van der Waals surface area contributed by atoms with Crippen molar-refractivity contribution in [3.05, 3.63) is 106 Å². The van der Waals surface area contributed by atoms with Crippen LogP contribution in [0.25, 0.3) is 5.69 Å². The highest BCUT2D eigenvalue weighted by molar-refractivity contribution is 6.31. The quantitative estimate of drug-likeness (QED) is 0.347. The molecule has 1 aromatic heterocycles. The van der Waals surface area contributed by atoms with Gasteiger partial charge in [0.25, 0.3) is 11.8 Å². The van der Waals surface area contributed by atoms with Crippen molar-refractivity contribution >= 4 is 40.8 Å². The first kappa shape index (κ1) is 27.1. The summed E-state index contributed by atoms with van der Waals surface area (Å²) in [5.74, 6) is -2.75. The second-order valence-electron chi connectivity index (χ2n) is 9.71. The standard InChI is InChI=1S/C29H22ClFN6O5/c30-21-5-1-4-20(25(21)31)22-13-24(42-35-22)28(39)37-12-11-18-19(3-2-6-23(18)36-14-32-33-15-36)26(37)27(38)34-17-9-7-16(8-10-17)29(40)41/h1-10,14-15,24,26H,11-13H2,(H,34,38)(H,40,41)/t24-,26-/m1/s1. The molecule has 2 aliphatic rings. The third kappa shape index (κ3) is 4.96. The van der Waals surface area contributed by atoms with E-state index in [4.69, 9.17) is 16.4 Å². The van der Waals surface area contributed by atoms with Crippen LogP contribution in [0.1, 0.15) is 39.5 Å². The zero-order valence-electron chi connectivity index (χ0n) is 21.8. The molecule has 2 amide bonds. The number of aromatic nitrogens is 3. The molecule has 2 atom stereocenters. The summed E-state index contributed by atoms with van der Waals surface area (Å²) < 4.78 is 16.4. The summed E-state index contributed by atoms with van der Waals surface area (Å²) in [6, 6.07) is 14.6. The predicted molar refractivity (Wildman–Crippen MR) is 149 cm³/mol. The average Bonchev–Trinajstić information content (AvgIpc) is 3.71. The molecule has 4 aromatic rings. The molecule has 2 aliphatic heterocycles. The van der Waals surface area contributed by atoms with Crippen molar-refractivity contribution in [2.75, 3.05) is 11.9 Å². The van der Waals surface area contributed by atoms with Gasteiger partial charge < -0.3 is 20.2 Å². The molecule has 2 N–H and O–H groups in total. The number of rotatable bonds is 6. The Kier molecular flexibility index (Phi) is 7.13. The van der Waals surface area contributed by atoms with Gasteiger partial charge in [-0.25, -0.2) is 9.18 Å². The molecule has 3 heterocycles. The van der Waals surface area contributed by atoms with Gasteiger partial charge >= 0.3 is 5.97 Å². The van der Waals surface area contributed by atoms with Crippen LogP contribution in [-0.4, -0.2) is 60.9 Å². The molecule has 0 bridgehead atoms. The highest BCUT2D eigenvalue weighted by atomic mass is 35.5. The summed E-state index contributed by atoms with van der Waals surface area (Å²) in [5, 5.41) is 23.7. The second kappa shape index (κ2) is 11.1. The van der Waals surface area contributed by atoms with Gasteiger partial charge in [0, 0.05) is 24.2 Å². The number of hydrogen-bond donors (Lipinski definition) is 2. The molecule has 13 heteroatoms.